The summed E-state index contributed by atoms with van der Waals surface area (Å²) in [5.74, 6) is 2.48. The van der Waals surface area contributed by atoms with E-state index in [2.05, 4.69) is 51.7 Å². The van der Waals surface area contributed by atoms with Gasteiger partial charge >= 0.3 is 0 Å². The van der Waals surface area contributed by atoms with Gasteiger partial charge in [0.1, 0.15) is 60.8 Å². The van der Waals surface area contributed by atoms with Crippen molar-refractivity contribution < 1.29 is 64.2 Å². The molecule has 4 heterocycles. The van der Waals surface area contributed by atoms with Crippen molar-refractivity contribution in [1.29, 1.82) is 0 Å². The molecule has 0 saturated heterocycles. The molecular formula is C44H56N14O14S2. The molecule has 0 aliphatic heterocycles. The number of aromatic nitrogens is 14. The van der Waals surface area contributed by atoms with Crippen LogP contribution in [0.2, 0.25) is 0 Å². The van der Waals surface area contributed by atoms with Crippen LogP contribution in [-0.2, 0) is 74.4 Å². The van der Waals surface area contributed by atoms with Gasteiger partial charge in [-0.15, -0.1) is 10.2 Å². The van der Waals surface area contributed by atoms with Crippen LogP contribution in [0.25, 0.3) is 11.4 Å². The minimum absolute atomic E-state index is 0.242. The van der Waals surface area contributed by atoms with Crippen molar-refractivity contribution in [2.75, 3.05) is 105 Å². The first-order valence-corrected chi connectivity index (χ1v) is 26.8. The second-order valence-corrected chi connectivity index (χ2v) is 19.5. The maximum absolute atomic E-state index is 11.9. The molecule has 0 atom stereocenters. The molecule has 28 nitrogen and oxygen atoms in total. The molecule has 0 aliphatic carbocycles. The summed E-state index contributed by atoms with van der Waals surface area (Å²) in [6, 6.07) is 20.7. The molecule has 0 bridgehead atoms. The third kappa shape index (κ3) is 18.2. The van der Waals surface area contributed by atoms with Gasteiger partial charge in [0.25, 0.3) is 10.3 Å². The van der Waals surface area contributed by atoms with Crippen LogP contribution in [0.15, 0.2) is 95.5 Å². The number of hydrogen-bond donors (Lipinski definition) is 0. The second kappa shape index (κ2) is 28.4. The molecule has 7 aromatic rings. The van der Waals surface area contributed by atoms with Gasteiger partial charge in [-0.3, -0.25) is 0 Å². The molecule has 0 N–H and O–H groups in total. The summed E-state index contributed by atoms with van der Waals surface area (Å²) >= 11 is 0. The topological polar surface area (TPSA) is 309 Å². The van der Waals surface area contributed by atoms with Gasteiger partial charge in [0, 0.05) is 12.5 Å². The van der Waals surface area contributed by atoms with E-state index in [1.165, 1.54) is 0 Å². The Morgan fingerprint density at radius 1 is 0.378 bits per heavy atom. The van der Waals surface area contributed by atoms with E-state index >= 15 is 0 Å². The number of ether oxygens (including phenoxy) is 10. The zero-order valence-electron chi connectivity index (χ0n) is 40.6. The van der Waals surface area contributed by atoms with Gasteiger partial charge in [0.05, 0.1) is 116 Å². The summed E-state index contributed by atoms with van der Waals surface area (Å²) < 4.78 is 110. The van der Waals surface area contributed by atoms with Crippen LogP contribution in [0.1, 0.15) is 11.4 Å². The first-order chi connectivity index (χ1) is 36.0. The smallest absolute Gasteiger partial charge is 0.272 e. The van der Waals surface area contributed by atoms with Crippen molar-refractivity contribution in [1.82, 2.24) is 70.4 Å². The number of nitrogens with zero attached hydrogens (tertiary/aromatic N) is 14. The van der Waals surface area contributed by atoms with E-state index in [0.29, 0.717) is 151 Å². The van der Waals surface area contributed by atoms with Gasteiger partial charge in [0.2, 0.25) is 19.7 Å². The van der Waals surface area contributed by atoms with E-state index in [1.54, 1.807) is 57.9 Å². The minimum Gasteiger partial charge on any atom is -0.491 e. The summed E-state index contributed by atoms with van der Waals surface area (Å²) in [5, 5.41) is 37.7. The Balaban J connectivity index is 0.633. The predicted molar refractivity (Wildman–Crippen MR) is 256 cm³/mol. The lowest BCUT2D eigenvalue weighted by atomic mass is 10.3. The Labute approximate surface area is 425 Å². The van der Waals surface area contributed by atoms with Gasteiger partial charge in [-0.2, -0.15) is 9.36 Å². The molecule has 0 unspecified atom stereocenters. The van der Waals surface area contributed by atoms with E-state index in [1.807, 2.05) is 36.7 Å². The van der Waals surface area contributed by atoms with E-state index in [9.17, 15) is 16.8 Å². The minimum atomic E-state index is -3.58. The first kappa shape index (κ1) is 54.7. The lowest BCUT2D eigenvalue weighted by Gasteiger charge is -2.09. The van der Waals surface area contributed by atoms with Gasteiger partial charge in [-0.1, -0.05) is 20.6 Å². The van der Waals surface area contributed by atoms with Crippen molar-refractivity contribution in [2.45, 2.75) is 36.6 Å². The van der Waals surface area contributed by atoms with Gasteiger partial charge in [-0.25, -0.2) is 26.2 Å². The Hall–Kier alpha value is -7.06. The van der Waals surface area contributed by atoms with Crippen LogP contribution in [0.4, 0.5) is 0 Å². The number of hydrogen-bond acceptors (Lipinski definition) is 24. The second-order valence-electron chi connectivity index (χ2n) is 15.6. The largest absolute Gasteiger partial charge is 0.491 e. The molecule has 3 aromatic carbocycles. The van der Waals surface area contributed by atoms with E-state index < -0.39 is 19.7 Å². The Kier molecular flexibility index (Phi) is 21.0. The first-order valence-electron chi connectivity index (χ1n) is 23.0. The highest BCUT2D eigenvalue weighted by Gasteiger charge is 2.20. The zero-order valence-corrected chi connectivity index (χ0v) is 42.2. The monoisotopic (exact) mass is 1070 g/mol. The quantitative estimate of drug-likeness (QED) is 0.0496. The van der Waals surface area contributed by atoms with E-state index in [4.69, 9.17) is 47.4 Å². The Morgan fingerprint density at radius 2 is 0.689 bits per heavy atom. The van der Waals surface area contributed by atoms with Crippen LogP contribution in [0, 0.1) is 0 Å². The molecule has 74 heavy (non-hydrogen) atoms. The predicted octanol–water partition coefficient (Wildman–Crippen LogP) is 1.04. The zero-order chi connectivity index (χ0) is 51.9. The summed E-state index contributed by atoms with van der Waals surface area (Å²) in [6.07, 6.45) is 5.70. The number of rotatable bonds is 36. The molecule has 7 rings (SSSR count). The fraction of sp³-hybridized carbons (Fsp3) is 0.455. The summed E-state index contributed by atoms with van der Waals surface area (Å²) in [7, 11) is -7.15. The van der Waals surface area contributed by atoms with Crippen molar-refractivity contribution in [2.24, 2.45) is 0 Å². The van der Waals surface area contributed by atoms with Crippen molar-refractivity contribution in [3.63, 3.8) is 0 Å². The highest BCUT2D eigenvalue weighted by molar-refractivity contribution is 7.90. The average molecular weight is 1070 g/mol. The molecule has 0 radical (unpaired) electrons. The number of sulfone groups is 2. The maximum atomic E-state index is 11.9. The third-order valence-corrected chi connectivity index (χ3v) is 11.7. The van der Waals surface area contributed by atoms with Crippen LogP contribution >= 0.6 is 0 Å². The van der Waals surface area contributed by atoms with Crippen LogP contribution in [0.3, 0.4) is 0 Å². The number of benzene rings is 3. The highest BCUT2D eigenvalue weighted by Crippen LogP contribution is 2.21. The van der Waals surface area contributed by atoms with Gasteiger partial charge < -0.3 is 47.4 Å². The molecule has 4 aromatic heterocycles. The summed E-state index contributed by atoms with van der Waals surface area (Å²) in [5.41, 5.74) is 2.33. The van der Waals surface area contributed by atoms with Crippen LogP contribution in [-0.4, -0.2) is 192 Å². The maximum Gasteiger partial charge on any atom is 0.272 e. The lowest BCUT2D eigenvalue weighted by molar-refractivity contribution is 0.00781. The molecule has 398 valence electrons. The third-order valence-electron chi connectivity index (χ3n) is 9.89. The molecule has 0 fully saturated rings. The van der Waals surface area contributed by atoms with E-state index in [-0.39, 0.29) is 23.5 Å². The molecule has 0 amide bonds. The average Bonchev–Trinajstić information content (AvgIpc) is 4.25. The standard InChI is InChI=1S/C44H56N14O14S2/c1-73(59,60)43-47-49-53-57(43)37-3-7-39(8-4-37)69-29-27-67-25-23-65-21-19-63-17-15-55-31-35(45-51-55)33-71-41-11-13-42(14-12-41)72-34-36-32-56(52-46-36)16-18-64-20-22-66-24-26-68-28-30-70-40-9-5-38(6-10-40)58-44(48-50-54-58)74(2,61)62/h3-14,31-32H,15-30,33-34H2,1-2H3. The Bertz CT molecular complexity index is 2760. The van der Waals surface area contributed by atoms with E-state index in [0.717, 1.165) is 21.9 Å². The summed E-state index contributed by atoms with van der Waals surface area (Å²) in [6.45, 7) is 7.05. The fourth-order valence-electron chi connectivity index (χ4n) is 6.32. The number of tetrazole rings is 2. The van der Waals surface area contributed by atoms with Crippen LogP contribution < -0.4 is 18.9 Å². The lowest BCUT2D eigenvalue weighted by Crippen LogP contribution is -2.14. The molecule has 0 aliphatic rings. The summed E-state index contributed by atoms with van der Waals surface area (Å²) in [4.78, 5) is 0. The molecule has 30 heteroatoms. The van der Waals surface area contributed by atoms with Crippen molar-refractivity contribution in [3.8, 4) is 34.4 Å². The van der Waals surface area contributed by atoms with Gasteiger partial charge in [-0.05, 0) is 93.6 Å². The van der Waals surface area contributed by atoms with Crippen molar-refractivity contribution in [3.05, 3.63) is 96.6 Å². The Morgan fingerprint density at radius 3 is 1.04 bits per heavy atom. The SMILES string of the molecule is CS(=O)(=O)c1nnnn1-c1ccc(OCCOCCOCCOCCn2cc(COc3ccc(OCc4cn(CCOCCOCCOCCOc5ccc(-n6nnnc6S(C)(=O)=O)cc5)nn4)cc3)nn2)cc1. The fourth-order valence-corrected chi connectivity index (χ4v) is 7.60. The molecule has 0 spiro atoms. The molecular weight excluding hydrogens is 1010 g/mol. The van der Waals surface area contributed by atoms with Crippen LogP contribution in [0.5, 0.6) is 23.0 Å². The van der Waals surface area contributed by atoms with Gasteiger partial charge in [0.15, 0.2) is 0 Å². The van der Waals surface area contributed by atoms with Crippen molar-refractivity contribution >= 4 is 19.7 Å². The normalized spacial score (nSPS) is 11.8. The molecule has 0 saturated carbocycles. The highest BCUT2D eigenvalue weighted by atomic mass is 32.2.